The number of rotatable bonds is 10. The Hall–Kier alpha value is -4.65. The maximum atomic E-state index is 13.2. The minimum Gasteiger partial charge on any atom is -0.497 e. The molecule has 0 saturated carbocycles. The van der Waals surface area contributed by atoms with Crippen LogP contribution in [0.2, 0.25) is 0 Å². The molecule has 3 aromatic rings. The number of hydrogen-bond donors (Lipinski definition) is 3. The lowest BCUT2D eigenvalue weighted by Crippen LogP contribution is -2.17. The van der Waals surface area contributed by atoms with E-state index in [1.54, 1.807) is 25.1 Å². The fraction of sp³-hybridized carbons (Fsp3) is 0.130. The van der Waals surface area contributed by atoms with E-state index in [0.717, 1.165) is 12.1 Å². The van der Waals surface area contributed by atoms with Crippen LogP contribution in [0.25, 0.3) is 0 Å². The van der Waals surface area contributed by atoms with Gasteiger partial charge in [-0.25, -0.2) is 13.2 Å². The average molecular weight is 515 g/mol. The van der Waals surface area contributed by atoms with Crippen molar-refractivity contribution in [3.8, 4) is 11.5 Å². The SMILES string of the molecule is COc1ccc(/C(C)=N/Nc2ccc([N+](=O)[O-])cc2S(=O)(=O)Nc2ccccc2C(=O)O)c(OC)c1. The van der Waals surface area contributed by atoms with Gasteiger partial charge in [-0.1, -0.05) is 12.1 Å². The Morgan fingerprint density at radius 2 is 1.72 bits per heavy atom. The highest BCUT2D eigenvalue weighted by Gasteiger charge is 2.24. The number of hydrazone groups is 1. The summed E-state index contributed by atoms with van der Waals surface area (Å²) in [6, 6.07) is 13.6. The van der Waals surface area contributed by atoms with Gasteiger partial charge in [-0.15, -0.1) is 0 Å². The summed E-state index contributed by atoms with van der Waals surface area (Å²) in [6.07, 6.45) is 0. The molecule has 0 fully saturated rings. The highest BCUT2D eigenvalue weighted by atomic mass is 32.2. The second-order valence-electron chi connectivity index (χ2n) is 7.27. The molecule has 3 N–H and O–H groups in total. The molecule has 0 radical (unpaired) electrons. The highest BCUT2D eigenvalue weighted by molar-refractivity contribution is 7.93. The van der Waals surface area contributed by atoms with E-state index < -0.39 is 31.5 Å². The molecule has 0 saturated heterocycles. The summed E-state index contributed by atoms with van der Waals surface area (Å²) in [6.45, 7) is 1.65. The van der Waals surface area contributed by atoms with Gasteiger partial charge in [0.25, 0.3) is 15.7 Å². The van der Waals surface area contributed by atoms with E-state index in [9.17, 15) is 28.4 Å². The zero-order chi connectivity index (χ0) is 26.5. The van der Waals surface area contributed by atoms with Crippen LogP contribution in [-0.4, -0.2) is 44.3 Å². The number of aromatic carboxylic acids is 1. The standard InChI is InChI=1S/C23H22N4O8S/c1-14(17-10-9-16(34-2)13-21(17)35-3)24-25-20-11-8-15(27(30)31)12-22(20)36(32,33)26-19-7-5-4-6-18(19)23(28)29/h4-13,25-26H,1-3H3,(H,28,29)/b24-14+. The molecule has 0 spiro atoms. The third-order valence-electron chi connectivity index (χ3n) is 5.01. The van der Waals surface area contributed by atoms with Crippen LogP contribution < -0.4 is 19.6 Å². The number of nitro benzene ring substituents is 1. The van der Waals surface area contributed by atoms with Crippen LogP contribution in [0.5, 0.6) is 11.5 Å². The van der Waals surface area contributed by atoms with Crippen LogP contribution in [0.1, 0.15) is 22.8 Å². The smallest absolute Gasteiger partial charge is 0.337 e. The molecular formula is C23H22N4O8S. The lowest BCUT2D eigenvalue weighted by Gasteiger charge is -2.14. The molecule has 36 heavy (non-hydrogen) atoms. The number of carboxylic acids is 1. The van der Waals surface area contributed by atoms with Gasteiger partial charge in [-0.2, -0.15) is 5.10 Å². The largest absolute Gasteiger partial charge is 0.497 e. The summed E-state index contributed by atoms with van der Waals surface area (Å²) in [5.74, 6) is -0.326. The Kier molecular flexibility index (Phi) is 7.74. The van der Waals surface area contributed by atoms with E-state index >= 15 is 0 Å². The number of anilines is 2. The normalized spacial score (nSPS) is 11.5. The third-order valence-corrected chi connectivity index (χ3v) is 6.42. The Morgan fingerprint density at radius 3 is 2.36 bits per heavy atom. The fourth-order valence-electron chi connectivity index (χ4n) is 3.20. The van der Waals surface area contributed by atoms with Crippen molar-refractivity contribution in [3.63, 3.8) is 0 Å². The maximum Gasteiger partial charge on any atom is 0.337 e. The van der Waals surface area contributed by atoms with Gasteiger partial charge in [-0.05, 0) is 37.3 Å². The van der Waals surface area contributed by atoms with Gasteiger partial charge in [0, 0.05) is 23.8 Å². The van der Waals surface area contributed by atoms with Gasteiger partial charge in [-0.3, -0.25) is 20.3 Å². The van der Waals surface area contributed by atoms with Crippen LogP contribution in [0.3, 0.4) is 0 Å². The number of ether oxygens (including phenoxy) is 2. The molecule has 12 nitrogen and oxygen atoms in total. The topological polar surface area (TPSA) is 169 Å². The molecule has 0 bridgehead atoms. The minimum absolute atomic E-state index is 0.0762. The number of sulfonamides is 1. The summed E-state index contributed by atoms with van der Waals surface area (Å²) in [5, 5.41) is 24.9. The van der Waals surface area contributed by atoms with Gasteiger partial charge in [0.1, 0.15) is 16.4 Å². The van der Waals surface area contributed by atoms with Crippen molar-refractivity contribution in [1.82, 2.24) is 0 Å². The van der Waals surface area contributed by atoms with Gasteiger partial charge >= 0.3 is 5.97 Å². The number of nitrogens with one attached hydrogen (secondary N) is 2. The summed E-state index contributed by atoms with van der Waals surface area (Å²) in [7, 11) is -1.50. The van der Waals surface area contributed by atoms with E-state index in [1.165, 1.54) is 44.6 Å². The first kappa shape index (κ1) is 26.0. The number of methoxy groups -OCH3 is 2. The molecule has 0 aliphatic rings. The van der Waals surface area contributed by atoms with Crippen LogP contribution in [0.15, 0.2) is 70.7 Å². The highest BCUT2D eigenvalue weighted by Crippen LogP contribution is 2.30. The maximum absolute atomic E-state index is 13.2. The number of hydrogen-bond acceptors (Lipinski definition) is 9. The first-order valence-electron chi connectivity index (χ1n) is 10.2. The molecule has 0 atom stereocenters. The van der Waals surface area contributed by atoms with Crippen LogP contribution in [-0.2, 0) is 10.0 Å². The van der Waals surface area contributed by atoms with Gasteiger partial charge in [0.15, 0.2) is 0 Å². The molecule has 3 rings (SSSR count). The average Bonchev–Trinajstić information content (AvgIpc) is 2.86. The molecule has 0 unspecified atom stereocenters. The molecule has 3 aromatic carbocycles. The third kappa shape index (κ3) is 5.70. The zero-order valence-corrected chi connectivity index (χ0v) is 20.2. The van der Waals surface area contributed by atoms with Gasteiger partial charge < -0.3 is 14.6 Å². The van der Waals surface area contributed by atoms with Crippen molar-refractivity contribution < 1.29 is 32.7 Å². The van der Waals surface area contributed by atoms with E-state index in [2.05, 4.69) is 15.2 Å². The molecule has 0 aromatic heterocycles. The fourth-order valence-corrected chi connectivity index (χ4v) is 4.46. The Bertz CT molecular complexity index is 1450. The minimum atomic E-state index is -4.48. The number of carboxylic acid groups (broad SMARTS) is 1. The lowest BCUT2D eigenvalue weighted by atomic mass is 10.1. The van der Waals surface area contributed by atoms with E-state index in [-0.39, 0.29) is 16.9 Å². The number of benzene rings is 3. The Morgan fingerprint density at radius 1 is 1.00 bits per heavy atom. The van der Waals surface area contributed by atoms with Crippen LogP contribution in [0.4, 0.5) is 17.1 Å². The second kappa shape index (κ2) is 10.7. The monoisotopic (exact) mass is 514 g/mol. The Balaban J connectivity index is 2.03. The number of nitro groups is 1. The summed E-state index contributed by atoms with van der Waals surface area (Å²) in [4.78, 5) is 21.5. The van der Waals surface area contributed by atoms with Crippen molar-refractivity contribution in [2.45, 2.75) is 11.8 Å². The van der Waals surface area contributed by atoms with Crippen molar-refractivity contribution in [3.05, 3.63) is 81.9 Å². The van der Waals surface area contributed by atoms with E-state index in [1.807, 2.05) is 0 Å². The zero-order valence-electron chi connectivity index (χ0n) is 19.4. The predicted octanol–water partition coefficient (Wildman–Crippen LogP) is 3.95. The number of carbonyl (C=O) groups is 1. The summed E-state index contributed by atoms with van der Waals surface area (Å²) < 4.78 is 39.1. The quantitative estimate of drug-likeness (QED) is 0.206. The van der Waals surface area contributed by atoms with Crippen molar-refractivity contribution >= 4 is 38.8 Å². The van der Waals surface area contributed by atoms with Crippen molar-refractivity contribution in [1.29, 1.82) is 0 Å². The van der Waals surface area contributed by atoms with Gasteiger partial charge in [0.05, 0.1) is 41.8 Å². The first-order chi connectivity index (χ1) is 17.1. The number of non-ortho nitro benzene ring substituents is 1. The summed E-state index contributed by atoms with van der Waals surface area (Å²) in [5.41, 5.74) is 2.58. The van der Waals surface area contributed by atoms with Crippen LogP contribution >= 0.6 is 0 Å². The summed E-state index contributed by atoms with van der Waals surface area (Å²) >= 11 is 0. The van der Waals surface area contributed by atoms with Crippen molar-refractivity contribution in [2.24, 2.45) is 5.10 Å². The first-order valence-corrected chi connectivity index (χ1v) is 11.7. The lowest BCUT2D eigenvalue weighted by molar-refractivity contribution is -0.385. The Labute approximate surface area is 206 Å². The van der Waals surface area contributed by atoms with E-state index in [0.29, 0.717) is 22.8 Å². The van der Waals surface area contributed by atoms with Crippen LogP contribution in [0, 0.1) is 10.1 Å². The second-order valence-corrected chi connectivity index (χ2v) is 8.92. The molecular weight excluding hydrogens is 492 g/mol. The van der Waals surface area contributed by atoms with Crippen molar-refractivity contribution in [2.75, 3.05) is 24.4 Å². The molecule has 0 aliphatic carbocycles. The molecule has 0 aliphatic heterocycles. The predicted molar refractivity (Wildman–Crippen MR) is 133 cm³/mol. The van der Waals surface area contributed by atoms with E-state index in [4.69, 9.17) is 9.47 Å². The number of nitrogens with zero attached hydrogens (tertiary/aromatic N) is 2. The van der Waals surface area contributed by atoms with Gasteiger partial charge in [0.2, 0.25) is 0 Å². The molecule has 188 valence electrons. The molecule has 0 amide bonds. The molecule has 0 heterocycles. The number of para-hydroxylation sites is 1. The molecule has 13 heteroatoms.